The molecule has 100 valence electrons. The predicted octanol–water partition coefficient (Wildman–Crippen LogP) is 1.80. The lowest BCUT2D eigenvalue weighted by atomic mass is 10.00. The molecule has 0 aliphatic rings. The maximum absolute atomic E-state index is 11.9. The first-order valence-corrected chi connectivity index (χ1v) is 6.42. The van der Waals surface area contributed by atoms with Gasteiger partial charge < -0.3 is 16.2 Å². The lowest BCUT2D eigenvalue weighted by molar-refractivity contribution is 0.0943. The van der Waals surface area contributed by atoms with E-state index in [1.54, 1.807) is 24.3 Å². The van der Waals surface area contributed by atoms with Gasteiger partial charge in [-0.1, -0.05) is 19.4 Å². The molecule has 4 heteroatoms. The number of hydrogen-bond acceptors (Lipinski definition) is 3. The summed E-state index contributed by atoms with van der Waals surface area (Å²) in [5, 5.41) is 11.8. The van der Waals surface area contributed by atoms with Gasteiger partial charge in [0.15, 0.2) is 0 Å². The number of aliphatic hydroxyl groups is 1. The molecule has 0 aliphatic carbocycles. The lowest BCUT2D eigenvalue weighted by Gasteiger charge is -2.15. The third kappa shape index (κ3) is 4.75. The van der Waals surface area contributed by atoms with Crippen molar-refractivity contribution < 1.29 is 9.90 Å². The summed E-state index contributed by atoms with van der Waals surface area (Å²) in [5.74, 6) is 0.228. The second-order valence-electron chi connectivity index (χ2n) is 4.50. The summed E-state index contributed by atoms with van der Waals surface area (Å²) in [7, 11) is 0. The summed E-state index contributed by atoms with van der Waals surface area (Å²) in [4.78, 5) is 11.9. The highest BCUT2D eigenvalue weighted by Gasteiger charge is 2.10. The Morgan fingerprint density at radius 3 is 2.83 bits per heavy atom. The Morgan fingerprint density at radius 1 is 1.44 bits per heavy atom. The average molecular weight is 250 g/mol. The summed E-state index contributed by atoms with van der Waals surface area (Å²) < 4.78 is 0. The van der Waals surface area contributed by atoms with Gasteiger partial charge in [0.2, 0.25) is 0 Å². The Kier molecular flexibility index (Phi) is 6.22. The van der Waals surface area contributed by atoms with Crippen LogP contribution < -0.4 is 11.1 Å². The molecule has 18 heavy (non-hydrogen) atoms. The summed E-state index contributed by atoms with van der Waals surface area (Å²) in [6, 6.07) is 6.92. The topological polar surface area (TPSA) is 75.3 Å². The third-order valence-corrected chi connectivity index (χ3v) is 2.93. The molecule has 0 fully saturated rings. The zero-order valence-corrected chi connectivity index (χ0v) is 10.9. The second kappa shape index (κ2) is 7.71. The van der Waals surface area contributed by atoms with Crippen molar-refractivity contribution in [3.05, 3.63) is 29.8 Å². The third-order valence-electron chi connectivity index (χ3n) is 2.93. The second-order valence-corrected chi connectivity index (χ2v) is 4.50. The molecule has 0 saturated carbocycles. The summed E-state index contributed by atoms with van der Waals surface area (Å²) in [5.41, 5.74) is 6.80. The van der Waals surface area contributed by atoms with Crippen molar-refractivity contribution in [3.8, 4) is 0 Å². The maximum Gasteiger partial charge on any atom is 0.251 e. The highest BCUT2D eigenvalue weighted by molar-refractivity contribution is 5.94. The van der Waals surface area contributed by atoms with Gasteiger partial charge in [-0.05, 0) is 37.0 Å². The van der Waals surface area contributed by atoms with E-state index in [0.717, 1.165) is 19.3 Å². The van der Waals surface area contributed by atoms with Gasteiger partial charge in [0.1, 0.15) is 0 Å². The largest absolute Gasteiger partial charge is 0.399 e. The van der Waals surface area contributed by atoms with Crippen LogP contribution >= 0.6 is 0 Å². The van der Waals surface area contributed by atoms with Gasteiger partial charge in [0, 0.05) is 24.4 Å². The number of amides is 1. The van der Waals surface area contributed by atoms with Crippen molar-refractivity contribution in [2.45, 2.75) is 26.2 Å². The predicted molar refractivity (Wildman–Crippen MR) is 73.3 cm³/mol. The number of nitrogen functional groups attached to an aromatic ring is 1. The highest BCUT2D eigenvalue weighted by atomic mass is 16.3. The number of carbonyl (C=O) groups excluding carboxylic acids is 1. The van der Waals surface area contributed by atoms with E-state index in [2.05, 4.69) is 12.2 Å². The van der Waals surface area contributed by atoms with Crippen LogP contribution in [0.2, 0.25) is 0 Å². The van der Waals surface area contributed by atoms with E-state index in [4.69, 9.17) is 10.8 Å². The van der Waals surface area contributed by atoms with Crippen LogP contribution in [0.5, 0.6) is 0 Å². The van der Waals surface area contributed by atoms with E-state index >= 15 is 0 Å². The van der Waals surface area contributed by atoms with Crippen molar-refractivity contribution in [1.82, 2.24) is 5.32 Å². The van der Waals surface area contributed by atoms with E-state index in [9.17, 15) is 4.79 Å². The normalized spacial score (nSPS) is 12.1. The minimum absolute atomic E-state index is 0.110. The molecule has 0 radical (unpaired) electrons. The minimum Gasteiger partial charge on any atom is -0.399 e. The van der Waals surface area contributed by atoms with Gasteiger partial charge in [-0.15, -0.1) is 0 Å². The molecule has 1 aromatic carbocycles. The van der Waals surface area contributed by atoms with Gasteiger partial charge in [0.05, 0.1) is 0 Å². The van der Waals surface area contributed by atoms with Gasteiger partial charge in [0.25, 0.3) is 5.91 Å². The highest BCUT2D eigenvalue weighted by Crippen LogP contribution is 2.10. The summed E-state index contributed by atoms with van der Waals surface area (Å²) >= 11 is 0. The first-order chi connectivity index (χ1) is 8.67. The Bertz CT molecular complexity index is 374. The molecule has 4 N–H and O–H groups in total. The first-order valence-electron chi connectivity index (χ1n) is 6.42. The van der Waals surface area contributed by atoms with Crippen LogP contribution in [-0.4, -0.2) is 24.2 Å². The van der Waals surface area contributed by atoms with E-state index < -0.39 is 0 Å². The number of nitrogens with two attached hydrogens (primary N) is 1. The van der Waals surface area contributed by atoms with Gasteiger partial charge in [-0.25, -0.2) is 0 Å². The van der Waals surface area contributed by atoms with Gasteiger partial charge >= 0.3 is 0 Å². The molecular formula is C14H22N2O2. The van der Waals surface area contributed by atoms with Crippen LogP contribution in [0.25, 0.3) is 0 Å². The number of rotatable bonds is 7. The molecule has 1 rings (SSSR count). The van der Waals surface area contributed by atoms with Crippen LogP contribution in [0, 0.1) is 5.92 Å². The van der Waals surface area contributed by atoms with Crippen molar-refractivity contribution in [2.24, 2.45) is 5.92 Å². The van der Waals surface area contributed by atoms with Gasteiger partial charge in [-0.2, -0.15) is 0 Å². The Balaban J connectivity index is 2.49. The summed E-state index contributed by atoms with van der Waals surface area (Å²) in [6.07, 6.45) is 2.79. The number of carbonyl (C=O) groups is 1. The molecule has 1 unspecified atom stereocenters. The molecule has 0 heterocycles. The van der Waals surface area contributed by atoms with Crippen molar-refractivity contribution in [2.75, 3.05) is 18.9 Å². The Morgan fingerprint density at radius 2 is 2.22 bits per heavy atom. The fourth-order valence-corrected chi connectivity index (χ4v) is 1.96. The number of aliphatic hydroxyl groups excluding tert-OH is 1. The zero-order chi connectivity index (χ0) is 13.4. The minimum atomic E-state index is -0.110. The van der Waals surface area contributed by atoms with Crippen LogP contribution in [0.1, 0.15) is 36.5 Å². The van der Waals surface area contributed by atoms with E-state index in [1.807, 2.05) is 0 Å². The standard InChI is InChI=1S/C14H22N2O2/c1-2-4-11(7-8-17)10-16-14(18)12-5-3-6-13(15)9-12/h3,5-6,9,11,17H,2,4,7-8,10,15H2,1H3,(H,16,18). The smallest absolute Gasteiger partial charge is 0.251 e. The number of benzene rings is 1. The van der Waals surface area contributed by atoms with Crippen molar-refractivity contribution in [1.29, 1.82) is 0 Å². The molecule has 1 aromatic rings. The Hall–Kier alpha value is -1.55. The fraction of sp³-hybridized carbons (Fsp3) is 0.500. The van der Waals surface area contributed by atoms with Crippen LogP contribution in [-0.2, 0) is 0 Å². The van der Waals surface area contributed by atoms with Crippen LogP contribution in [0.3, 0.4) is 0 Å². The van der Waals surface area contributed by atoms with E-state index in [0.29, 0.717) is 23.7 Å². The number of anilines is 1. The SMILES string of the molecule is CCCC(CCO)CNC(=O)c1cccc(N)c1. The molecule has 1 atom stereocenters. The number of nitrogens with one attached hydrogen (secondary N) is 1. The van der Waals surface area contributed by atoms with Crippen LogP contribution in [0.4, 0.5) is 5.69 Å². The fourth-order valence-electron chi connectivity index (χ4n) is 1.96. The van der Waals surface area contributed by atoms with Crippen LogP contribution in [0.15, 0.2) is 24.3 Å². The molecule has 1 amide bonds. The molecule has 0 bridgehead atoms. The van der Waals surface area contributed by atoms with Gasteiger partial charge in [-0.3, -0.25) is 4.79 Å². The lowest BCUT2D eigenvalue weighted by Crippen LogP contribution is -2.29. The molecule has 0 saturated heterocycles. The van der Waals surface area contributed by atoms with E-state index in [-0.39, 0.29) is 12.5 Å². The van der Waals surface area contributed by atoms with Crippen molar-refractivity contribution >= 4 is 11.6 Å². The van der Waals surface area contributed by atoms with E-state index in [1.165, 1.54) is 0 Å². The first kappa shape index (κ1) is 14.5. The molecule has 0 aromatic heterocycles. The number of hydrogen-bond donors (Lipinski definition) is 3. The summed E-state index contributed by atoms with van der Waals surface area (Å²) in [6.45, 7) is 2.87. The Labute approximate surface area is 108 Å². The maximum atomic E-state index is 11.9. The molecule has 0 aliphatic heterocycles. The quantitative estimate of drug-likeness (QED) is 0.646. The molecular weight excluding hydrogens is 228 g/mol. The monoisotopic (exact) mass is 250 g/mol. The average Bonchev–Trinajstić information content (AvgIpc) is 2.36. The molecule has 0 spiro atoms. The molecule has 4 nitrogen and oxygen atoms in total. The zero-order valence-electron chi connectivity index (χ0n) is 10.9. The van der Waals surface area contributed by atoms with Crippen molar-refractivity contribution in [3.63, 3.8) is 0 Å².